The van der Waals surface area contributed by atoms with Gasteiger partial charge in [-0.1, -0.05) is 0 Å². The molecule has 19 heavy (non-hydrogen) atoms. The van der Waals surface area contributed by atoms with Gasteiger partial charge in [0.15, 0.2) is 0 Å². The molecule has 1 atom stereocenters. The molecule has 0 bridgehead atoms. The summed E-state index contributed by atoms with van der Waals surface area (Å²) in [5, 5.41) is 0. The lowest BCUT2D eigenvalue weighted by Gasteiger charge is -2.47. The number of carbonyl (C=O) groups excluding carboxylic acids is 1. The fourth-order valence-electron chi connectivity index (χ4n) is 2.84. The maximum Gasteiger partial charge on any atom is 0.274 e. The number of thioether (sulfide) groups is 1. The molecule has 1 spiro atoms. The van der Waals surface area contributed by atoms with Crippen molar-refractivity contribution >= 4 is 17.7 Å². The van der Waals surface area contributed by atoms with E-state index in [9.17, 15) is 4.79 Å². The van der Waals surface area contributed by atoms with Crippen LogP contribution >= 0.6 is 11.8 Å². The van der Waals surface area contributed by atoms with Crippen LogP contribution in [0.2, 0.25) is 0 Å². The van der Waals surface area contributed by atoms with Gasteiger partial charge in [0.2, 0.25) is 0 Å². The third-order valence-electron chi connectivity index (χ3n) is 3.75. The molecule has 1 aromatic heterocycles. The summed E-state index contributed by atoms with van der Waals surface area (Å²) in [6.07, 6.45) is 4.87. The zero-order chi connectivity index (χ0) is 13.5. The largest absolute Gasteiger partial charge is 0.378 e. The maximum atomic E-state index is 12.2. The Labute approximate surface area is 117 Å². The highest BCUT2D eigenvalue weighted by molar-refractivity contribution is 8.01. The Morgan fingerprint density at radius 2 is 2.42 bits per heavy atom. The van der Waals surface area contributed by atoms with Crippen molar-refractivity contribution in [1.29, 1.82) is 0 Å². The normalized spacial score (nSPS) is 24.7. The second-order valence-corrected chi connectivity index (χ2v) is 6.85. The van der Waals surface area contributed by atoms with Gasteiger partial charge < -0.3 is 14.2 Å². The molecular weight excluding hydrogens is 262 g/mol. The molecule has 0 N–H and O–H groups in total. The van der Waals surface area contributed by atoms with Gasteiger partial charge in [-0.3, -0.25) is 4.79 Å². The summed E-state index contributed by atoms with van der Waals surface area (Å²) >= 11 is 1.96. The van der Waals surface area contributed by atoms with Crippen LogP contribution in [0.5, 0.6) is 0 Å². The number of ether oxygens (including phenoxy) is 1. The van der Waals surface area contributed by atoms with Gasteiger partial charge in [-0.2, -0.15) is 0 Å². The number of likely N-dealkylation sites (tertiary alicyclic amines) is 1. The van der Waals surface area contributed by atoms with Crippen molar-refractivity contribution in [3.8, 4) is 0 Å². The van der Waals surface area contributed by atoms with Crippen molar-refractivity contribution < 1.29 is 9.53 Å². The minimum atomic E-state index is 0.0479. The Morgan fingerprint density at radius 3 is 3.05 bits per heavy atom. The molecule has 1 amide bonds. The molecule has 3 heterocycles. The van der Waals surface area contributed by atoms with Crippen molar-refractivity contribution in [2.75, 3.05) is 25.4 Å². The molecule has 0 unspecified atom stereocenters. The van der Waals surface area contributed by atoms with Crippen LogP contribution in [0, 0.1) is 0 Å². The first-order valence-electron chi connectivity index (χ1n) is 6.65. The molecule has 0 saturated carbocycles. The number of amides is 1. The number of hydrogen-bond acceptors (Lipinski definition) is 4. The van der Waals surface area contributed by atoms with Crippen molar-refractivity contribution in [1.82, 2.24) is 14.5 Å². The average Bonchev–Trinajstić information content (AvgIpc) is 2.94. The second kappa shape index (κ2) is 4.83. The van der Waals surface area contributed by atoms with E-state index in [0.29, 0.717) is 11.8 Å². The molecule has 0 aromatic carbocycles. The number of rotatable bonds is 3. The summed E-state index contributed by atoms with van der Waals surface area (Å²) in [5.74, 6) is 1.10. The Kier molecular flexibility index (Phi) is 3.30. The van der Waals surface area contributed by atoms with Gasteiger partial charge in [-0.15, -0.1) is 11.8 Å². The van der Waals surface area contributed by atoms with Crippen LogP contribution in [0.4, 0.5) is 0 Å². The molecule has 104 valence electrons. The summed E-state index contributed by atoms with van der Waals surface area (Å²) in [5.41, 5.74) is 0.543. The van der Waals surface area contributed by atoms with E-state index in [1.54, 1.807) is 17.1 Å². The standard InChI is InChI=1S/C13H19N3O2S/c1-3-18-10-4-13(19-6-10)7-16(8-13)12(17)11-5-15(2)9-14-11/h5,9-10H,3-4,6-8H2,1-2H3/t10-/m0/s1. The summed E-state index contributed by atoms with van der Waals surface area (Å²) in [4.78, 5) is 18.2. The van der Waals surface area contributed by atoms with E-state index in [0.717, 1.165) is 31.9 Å². The molecule has 2 aliphatic heterocycles. The predicted octanol–water partition coefficient (Wildman–Crippen LogP) is 1.16. The van der Waals surface area contributed by atoms with E-state index >= 15 is 0 Å². The Balaban J connectivity index is 1.57. The number of hydrogen-bond donors (Lipinski definition) is 0. The molecule has 5 nitrogen and oxygen atoms in total. The van der Waals surface area contributed by atoms with Gasteiger partial charge in [0, 0.05) is 38.7 Å². The molecule has 2 saturated heterocycles. The highest BCUT2D eigenvalue weighted by atomic mass is 32.2. The molecule has 2 aliphatic rings. The first-order chi connectivity index (χ1) is 9.12. The number of nitrogens with zero attached hydrogens (tertiary/aromatic N) is 3. The first-order valence-corrected chi connectivity index (χ1v) is 7.63. The van der Waals surface area contributed by atoms with Crippen LogP contribution < -0.4 is 0 Å². The van der Waals surface area contributed by atoms with Crippen LogP contribution in [-0.4, -0.2) is 56.7 Å². The van der Waals surface area contributed by atoms with E-state index in [2.05, 4.69) is 4.98 Å². The average molecular weight is 281 g/mol. The monoisotopic (exact) mass is 281 g/mol. The number of aromatic nitrogens is 2. The SMILES string of the molecule is CCO[C@@H]1CSC2(C1)CN(C(=O)c1cn(C)cn1)C2. The maximum absolute atomic E-state index is 12.2. The molecule has 0 radical (unpaired) electrons. The third kappa shape index (κ3) is 2.39. The van der Waals surface area contributed by atoms with Crippen molar-refractivity contribution in [3.05, 3.63) is 18.2 Å². The third-order valence-corrected chi connectivity index (χ3v) is 5.32. The smallest absolute Gasteiger partial charge is 0.274 e. The molecular formula is C13H19N3O2S. The van der Waals surface area contributed by atoms with Gasteiger partial charge in [-0.05, 0) is 13.3 Å². The topological polar surface area (TPSA) is 47.4 Å². The van der Waals surface area contributed by atoms with Crippen molar-refractivity contribution in [2.24, 2.45) is 7.05 Å². The van der Waals surface area contributed by atoms with Crippen LogP contribution in [0.3, 0.4) is 0 Å². The minimum Gasteiger partial charge on any atom is -0.378 e. The van der Waals surface area contributed by atoms with Gasteiger partial charge >= 0.3 is 0 Å². The van der Waals surface area contributed by atoms with Crippen molar-refractivity contribution in [2.45, 2.75) is 24.2 Å². The lowest BCUT2D eigenvalue weighted by atomic mass is 9.92. The second-order valence-electron chi connectivity index (χ2n) is 5.36. The number of aryl methyl sites for hydroxylation is 1. The van der Waals surface area contributed by atoms with Crippen LogP contribution in [0.15, 0.2) is 12.5 Å². The molecule has 0 aliphatic carbocycles. The van der Waals surface area contributed by atoms with Crippen molar-refractivity contribution in [3.63, 3.8) is 0 Å². The quantitative estimate of drug-likeness (QED) is 0.834. The van der Waals surface area contributed by atoms with Gasteiger partial charge in [0.05, 0.1) is 17.2 Å². The van der Waals surface area contributed by atoms with E-state index < -0.39 is 0 Å². The zero-order valence-corrected chi connectivity index (χ0v) is 12.2. The highest BCUT2D eigenvalue weighted by Crippen LogP contribution is 2.46. The number of imidazole rings is 1. The van der Waals surface area contributed by atoms with Crippen LogP contribution in [0.25, 0.3) is 0 Å². The predicted molar refractivity (Wildman–Crippen MR) is 74.3 cm³/mol. The van der Waals surface area contributed by atoms with Gasteiger partial charge in [0.25, 0.3) is 5.91 Å². The summed E-state index contributed by atoms with van der Waals surface area (Å²) in [6.45, 7) is 4.47. The molecule has 6 heteroatoms. The van der Waals surface area contributed by atoms with Gasteiger partial charge in [-0.25, -0.2) is 4.98 Å². The van der Waals surface area contributed by atoms with Gasteiger partial charge in [0.1, 0.15) is 5.69 Å². The Bertz CT molecular complexity index is 482. The summed E-state index contributed by atoms with van der Waals surface area (Å²) in [6, 6.07) is 0. The molecule has 3 rings (SSSR count). The first kappa shape index (κ1) is 13.0. The minimum absolute atomic E-state index is 0.0479. The van der Waals surface area contributed by atoms with E-state index in [-0.39, 0.29) is 10.7 Å². The van der Waals surface area contributed by atoms with Crippen LogP contribution in [0.1, 0.15) is 23.8 Å². The fraction of sp³-hybridized carbons (Fsp3) is 0.692. The lowest BCUT2D eigenvalue weighted by Crippen LogP contribution is -2.60. The van der Waals surface area contributed by atoms with E-state index in [1.807, 2.05) is 30.6 Å². The molecule has 2 fully saturated rings. The Morgan fingerprint density at radius 1 is 1.63 bits per heavy atom. The van der Waals surface area contributed by atoms with Crippen LogP contribution in [-0.2, 0) is 11.8 Å². The fourth-order valence-corrected chi connectivity index (χ4v) is 4.40. The highest BCUT2D eigenvalue weighted by Gasteiger charge is 2.51. The molecule has 1 aromatic rings. The Hall–Kier alpha value is -1.01. The number of carbonyl (C=O) groups is 1. The lowest BCUT2D eigenvalue weighted by molar-refractivity contribution is 0.0356. The van der Waals surface area contributed by atoms with E-state index in [4.69, 9.17) is 4.74 Å². The summed E-state index contributed by atoms with van der Waals surface area (Å²) < 4.78 is 7.72. The summed E-state index contributed by atoms with van der Waals surface area (Å²) in [7, 11) is 1.88. The van der Waals surface area contributed by atoms with E-state index in [1.165, 1.54) is 0 Å². The zero-order valence-electron chi connectivity index (χ0n) is 11.3.